The molecule has 1 aromatic heterocycles. The van der Waals surface area contributed by atoms with E-state index in [1.54, 1.807) is 29.9 Å². The van der Waals surface area contributed by atoms with Crippen LogP contribution in [0.4, 0.5) is 4.39 Å². The minimum atomic E-state index is -0.267. The van der Waals surface area contributed by atoms with Crippen molar-refractivity contribution in [2.75, 3.05) is 0 Å². The minimum absolute atomic E-state index is 0.267. The number of rotatable bonds is 1. The normalized spacial score (nSPS) is 10.5. The zero-order valence-electron chi connectivity index (χ0n) is 8.03. The van der Waals surface area contributed by atoms with Gasteiger partial charge in [0.15, 0.2) is 0 Å². The van der Waals surface area contributed by atoms with Gasteiger partial charge in [-0.1, -0.05) is 17.3 Å². The Bertz CT molecular complexity index is 462. The standard InChI is InChI=1S/C10H10FN3/c1-7-10(12-13-14(7)2)8-5-3-4-6-9(8)11/h3-6H,1-2H3. The molecule has 0 saturated heterocycles. The van der Waals surface area contributed by atoms with Crippen LogP contribution in [0.2, 0.25) is 0 Å². The van der Waals surface area contributed by atoms with Crippen LogP contribution in [0.5, 0.6) is 0 Å². The van der Waals surface area contributed by atoms with Gasteiger partial charge in [0.25, 0.3) is 0 Å². The van der Waals surface area contributed by atoms with Gasteiger partial charge in [-0.25, -0.2) is 4.39 Å². The second-order valence-electron chi connectivity index (χ2n) is 3.13. The molecule has 0 spiro atoms. The topological polar surface area (TPSA) is 30.7 Å². The van der Waals surface area contributed by atoms with E-state index >= 15 is 0 Å². The van der Waals surface area contributed by atoms with E-state index in [2.05, 4.69) is 10.3 Å². The van der Waals surface area contributed by atoms with Gasteiger partial charge >= 0.3 is 0 Å². The molecule has 0 aliphatic heterocycles. The second-order valence-corrected chi connectivity index (χ2v) is 3.13. The van der Waals surface area contributed by atoms with Gasteiger partial charge in [0.05, 0.1) is 5.69 Å². The monoisotopic (exact) mass is 191 g/mol. The summed E-state index contributed by atoms with van der Waals surface area (Å²) >= 11 is 0. The maximum atomic E-state index is 13.4. The lowest BCUT2D eigenvalue weighted by atomic mass is 10.1. The Balaban J connectivity index is 2.60. The third-order valence-electron chi connectivity index (χ3n) is 2.24. The fourth-order valence-corrected chi connectivity index (χ4v) is 1.31. The number of hydrogen-bond donors (Lipinski definition) is 0. The van der Waals surface area contributed by atoms with Crippen LogP contribution >= 0.6 is 0 Å². The molecule has 2 rings (SSSR count). The van der Waals surface area contributed by atoms with Crippen molar-refractivity contribution in [2.45, 2.75) is 6.92 Å². The zero-order valence-corrected chi connectivity index (χ0v) is 8.03. The Morgan fingerprint density at radius 1 is 1.29 bits per heavy atom. The molecule has 0 bridgehead atoms. The van der Waals surface area contributed by atoms with Crippen molar-refractivity contribution in [1.29, 1.82) is 0 Å². The van der Waals surface area contributed by atoms with Crippen molar-refractivity contribution in [2.24, 2.45) is 7.05 Å². The molecule has 0 aliphatic carbocycles. The van der Waals surface area contributed by atoms with Crippen LogP contribution in [-0.2, 0) is 7.05 Å². The maximum Gasteiger partial charge on any atom is 0.132 e. The molecule has 0 unspecified atom stereocenters. The Kier molecular flexibility index (Phi) is 2.04. The van der Waals surface area contributed by atoms with Crippen LogP contribution in [-0.4, -0.2) is 15.0 Å². The third-order valence-corrected chi connectivity index (χ3v) is 2.24. The van der Waals surface area contributed by atoms with Gasteiger partial charge in [0, 0.05) is 12.6 Å². The summed E-state index contributed by atoms with van der Waals surface area (Å²) in [5.74, 6) is -0.267. The summed E-state index contributed by atoms with van der Waals surface area (Å²) in [5, 5.41) is 7.75. The van der Waals surface area contributed by atoms with Gasteiger partial charge in [0.1, 0.15) is 11.5 Å². The molecular weight excluding hydrogens is 181 g/mol. The van der Waals surface area contributed by atoms with Crippen LogP contribution in [0.15, 0.2) is 24.3 Å². The van der Waals surface area contributed by atoms with Crippen molar-refractivity contribution in [3.05, 3.63) is 35.8 Å². The highest BCUT2D eigenvalue weighted by molar-refractivity contribution is 5.61. The van der Waals surface area contributed by atoms with E-state index in [1.165, 1.54) is 6.07 Å². The highest BCUT2D eigenvalue weighted by Gasteiger charge is 2.11. The lowest BCUT2D eigenvalue weighted by Gasteiger charge is -1.99. The smallest absolute Gasteiger partial charge is 0.132 e. The number of aryl methyl sites for hydroxylation is 1. The molecule has 0 aliphatic rings. The first-order chi connectivity index (χ1) is 6.70. The van der Waals surface area contributed by atoms with E-state index in [1.807, 2.05) is 6.92 Å². The van der Waals surface area contributed by atoms with Gasteiger partial charge in [0.2, 0.25) is 0 Å². The highest BCUT2D eigenvalue weighted by atomic mass is 19.1. The van der Waals surface area contributed by atoms with E-state index in [9.17, 15) is 4.39 Å². The van der Waals surface area contributed by atoms with Crippen LogP contribution in [0.25, 0.3) is 11.3 Å². The number of halogens is 1. The molecular formula is C10H10FN3. The van der Waals surface area contributed by atoms with Gasteiger partial charge in [-0.2, -0.15) is 0 Å². The molecule has 0 N–H and O–H groups in total. The molecule has 2 aromatic rings. The summed E-state index contributed by atoms with van der Waals surface area (Å²) in [6.45, 7) is 1.86. The van der Waals surface area contributed by atoms with Crippen molar-refractivity contribution in [3.8, 4) is 11.3 Å². The summed E-state index contributed by atoms with van der Waals surface area (Å²) in [4.78, 5) is 0. The average Bonchev–Trinajstić information content (AvgIpc) is 2.49. The summed E-state index contributed by atoms with van der Waals surface area (Å²) < 4.78 is 15.0. The number of nitrogens with zero attached hydrogens (tertiary/aromatic N) is 3. The van der Waals surface area contributed by atoms with Gasteiger partial charge in [-0.05, 0) is 19.1 Å². The summed E-state index contributed by atoms with van der Waals surface area (Å²) in [6.07, 6.45) is 0. The molecule has 1 aromatic carbocycles. The van der Waals surface area contributed by atoms with E-state index in [-0.39, 0.29) is 5.82 Å². The quantitative estimate of drug-likeness (QED) is 0.689. The maximum absolute atomic E-state index is 13.4. The number of benzene rings is 1. The first kappa shape index (κ1) is 8.87. The largest absolute Gasteiger partial charge is 0.252 e. The Morgan fingerprint density at radius 2 is 2.00 bits per heavy atom. The van der Waals surface area contributed by atoms with Crippen LogP contribution in [0.3, 0.4) is 0 Å². The SMILES string of the molecule is Cc1c(-c2ccccc2F)nnn1C. The predicted octanol–water partition coefficient (Wildman–Crippen LogP) is 1.93. The van der Waals surface area contributed by atoms with Gasteiger partial charge in [-0.3, -0.25) is 4.68 Å². The lowest BCUT2D eigenvalue weighted by Crippen LogP contribution is -1.93. The van der Waals surface area contributed by atoms with Crippen molar-refractivity contribution < 1.29 is 4.39 Å². The molecule has 1 heterocycles. The Morgan fingerprint density at radius 3 is 2.57 bits per heavy atom. The van der Waals surface area contributed by atoms with E-state index < -0.39 is 0 Å². The Hall–Kier alpha value is -1.71. The van der Waals surface area contributed by atoms with Crippen LogP contribution in [0, 0.1) is 12.7 Å². The third kappa shape index (κ3) is 1.28. The van der Waals surface area contributed by atoms with Crippen molar-refractivity contribution in [3.63, 3.8) is 0 Å². The second kappa shape index (κ2) is 3.21. The lowest BCUT2D eigenvalue weighted by molar-refractivity contribution is 0.630. The molecule has 3 nitrogen and oxygen atoms in total. The Labute approximate surface area is 81.2 Å². The first-order valence-electron chi connectivity index (χ1n) is 4.31. The fraction of sp³-hybridized carbons (Fsp3) is 0.200. The molecule has 4 heteroatoms. The van der Waals surface area contributed by atoms with E-state index in [4.69, 9.17) is 0 Å². The first-order valence-corrected chi connectivity index (χ1v) is 4.31. The molecule has 0 radical (unpaired) electrons. The zero-order chi connectivity index (χ0) is 10.1. The molecule has 72 valence electrons. The van der Waals surface area contributed by atoms with Crippen molar-refractivity contribution >= 4 is 0 Å². The molecule has 0 saturated carbocycles. The molecule has 0 fully saturated rings. The van der Waals surface area contributed by atoms with E-state index in [0.717, 1.165) is 5.69 Å². The minimum Gasteiger partial charge on any atom is -0.252 e. The van der Waals surface area contributed by atoms with E-state index in [0.29, 0.717) is 11.3 Å². The highest BCUT2D eigenvalue weighted by Crippen LogP contribution is 2.22. The number of aromatic nitrogens is 3. The van der Waals surface area contributed by atoms with Gasteiger partial charge in [-0.15, -0.1) is 5.10 Å². The molecule has 14 heavy (non-hydrogen) atoms. The summed E-state index contributed by atoms with van der Waals surface area (Å²) in [6, 6.07) is 6.56. The van der Waals surface area contributed by atoms with Crippen molar-refractivity contribution in [1.82, 2.24) is 15.0 Å². The average molecular weight is 191 g/mol. The van der Waals surface area contributed by atoms with Crippen LogP contribution in [0.1, 0.15) is 5.69 Å². The molecule has 0 atom stereocenters. The number of hydrogen-bond acceptors (Lipinski definition) is 2. The summed E-state index contributed by atoms with van der Waals surface area (Å²) in [7, 11) is 1.78. The van der Waals surface area contributed by atoms with Crippen LogP contribution < -0.4 is 0 Å². The van der Waals surface area contributed by atoms with Gasteiger partial charge < -0.3 is 0 Å². The fourth-order valence-electron chi connectivity index (χ4n) is 1.31. The summed E-state index contributed by atoms with van der Waals surface area (Å²) in [5.41, 5.74) is 1.96. The molecule has 0 amide bonds. The predicted molar refractivity (Wildman–Crippen MR) is 51.1 cm³/mol.